The van der Waals surface area contributed by atoms with Crippen LogP contribution < -0.4 is 5.32 Å². The molecule has 1 aromatic heterocycles. The van der Waals surface area contributed by atoms with Gasteiger partial charge in [-0.3, -0.25) is 4.79 Å². The van der Waals surface area contributed by atoms with Gasteiger partial charge in [-0.1, -0.05) is 71.9 Å². The molecular formula is C21H16ClN5OS. The summed E-state index contributed by atoms with van der Waals surface area (Å²) in [7, 11) is 0. The Balaban J connectivity index is 1.45. The van der Waals surface area contributed by atoms with Gasteiger partial charge in [0.2, 0.25) is 11.1 Å². The highest BCUT2D eigenvalue weighted by Gasteiger charge is 2.13. The summed E-state index contributed by atoms with van der Waals surface area (Å²) in [6.07, 6.45) is 0. The Morgan fingerprint density at radius 1 is 0.966 bits per heavy atom. The van der Waals surface area contributed by atoms with E-state index >= 15 is 0 Å². The number of para-hydroxylation sites is 1. The van der Waals surface area contributed by atoms with Gasteiger partial charge in [0.15, 0.2) is 0 Å². The fourth-order valence-corrected chi connectivity index (χ4v) is 3.61. The number of nitrogens with zero attached hydrogens (tertiary/aromatic N) is 4. The molecule has 0 aliphatic rings. The van der Waals surface area contributed by atoms with Crippen LogP contribution >= 0.6 is 23.4 Å². The minimum atomic E-state index is -0.135. The highest BCUT2D eigenvalue weighted by molar-refractivity contribution is 7.99. The number of benzene rings is 3. The van der Waals surface area contributed by atoms with E-state index in [1.54, 1.807) is 16.8 Å². The summed E-state index contributed by atoms with van der Waals surface area (Å²) in [5.41, 5.74) is 3.55. The lowest BCUT2D eigenvalue weighted by Gasteiger charge is -2.11. The maximum Gasteiger partial charge on any atom is 0.234 e. The lowest BCUT2D eigenvalue weighted by molar-refractivity contribution is -0.113. The van der Waals surface area contributed by atoms with Crippen LogP contribution in [0.3, 0.4) is 0 Å². The average Bonchev–Trinajstić information content (AvgIpc) is 3.22. The van der Waals surface area contributed by atoms with Crippen LogP contribution in [0.25, 0.3) is 16.8 Å². The normalized spacial score (nSPS) is 10.7. The van der Waals surface area contributed by atoms with E-state index in [1.165, 1.54) is 11.8 Å². The SMILES string of the molecule is O=C(CSc1nnnn1-c1ccc(Cl)cc1)Nc1ccccc1-c1ccccc1. The molecule has 0 fully saturated rings. The molecule has 0 aliphatic carbocycles. The summed E-state index contributed by atoms with van der Waals surface area (Å²) >= 11 is 7.19. The van der Waals surface area contributed by atoms with Gasteiger partial charge in [-0.15, -0.1) is 5.10 Å². The molecule has 0 unspecified atom stereocenters. The van der Waals surface area contributed by atoms with E-state index in [1.807, 2.05) is 66.7 Å². The molecule has 1 heterocycles. The Bertz CT molecular complexity index is 1120. The van der Waals surface area contributed by atoms with E-state index in [0.717, 1.165) is 22.5 Å². The maximum absolute atomic E-state index is 12.6. The summed E-state index contributed by atoms with van der Waals surface area (Å²) in [4.78, 5) is 12.6. The molecule has 0 aliphatic heterocycles. The number of thioether (sulfide) groups is 1. The van der Waals surface area contributed by atoms with Crippen LogP contribution in [0.5, 0.6) is 0 Å². The van der Waals surface area contributed by atoms with E-state index in [-0.39, 0.29) is 11.7 Å². The molecule has 29 heavy (non-hydrogen) atoms. The summed E-state index contributed by atoms with van der Waals surface area (Å²) < 4.78 is 1.58. The van der Waals surface area contributed by atoms with Gasteiger partial charge in [0.25, 0.3) is 0 Å². The first-order chi connectivity index (χ1) is 14.2. The van der Waals surface area contributed by atoms with Crippen molar-refractivity contribution >= 4 is 35.0 Å². The van der Waals surface area contributed by atoms with E-state index in [0.29, 0.717) is 10.2 Å². The first kappa shape index (κ1) is 19.2. The quantitative estimate of drug-likeness (QED) is 0.456. The molecule has 0 saturated heterocycles. The second kappa shape index (κ2) is 8.89. The van der Waals surface area contributed by atoms with Gasteiger partial charge < -0.3 is 5.32 Å². The van der Waals surface area contributed by atoms with Gasteiger partial charge in [-0.2, -0.15) is 4.68 Å². The number of carbonyl (C=O) groups excluding carboxylic acids is 1. The van der Waals surface area contributed by atoms with Crippen LogP contribution in [0.4, 0.5) is 5.69 Å². The van der Waals surface area contributed by atoms with Gasteiger partial charge in [0.05, 0.1) is 11.4 Å². The minimum Gasteiger partial charge on any atom is -0.325 e. The maximum atomic E-state index is 12.6. The van der Waals surface area contributed by atoms with Crippen LogP contribution in [-0.2, 0) is 4.79 Å². The number of tetrazole rings is 1. The van der Waals surface area contributed by atoms with Crippen molar-refractivity contribution in [3.63, 3.8) is 0 Å². The Kier molecular flexibility index (Phi) is 5.88. The van der Waals surface area contributed by atoms with Crippen molar-refractivity contribution in [3.05, 3.63) is 83.9 Å². The number of hydrogen-bond donors (Lipinski definition) is 1. The highest BCUT2D eigenvalue weighted by Crippen LogP contribution is 2.28. The van der Waals surface area contributed by atoms with Crippen molar-refractivity contribution in [2.45, 2.75) is 5.16 Å². The Morgan fingerprint density at radius 2 is 1.69 bits per heavy atom. The van der Waals surface area contributed by atoms with Crippen molar-refractivity contribution in [3.8, 4) is 16.8 Å². The molecule has 0 radical (unpaired) electrons. The molecule has 0 bridgehead atoms. The zero-order valence-corrected chi connectivity index (χ0v) is 16.8. The molecule has 8 heteroatoms. The lowest BCUT2D eigenvalue weighted by Crippen LogP contribution is -2.15. The summed E-state index contributed by atoms with van der Waals surface area (Å²) in [6, 6.07) is 24.8. The second-order valence-electron chi connectivity index (χ2n) is 6.10. The fourth-order valence-electron chi connectivity index (χ4n) is 2.79. The van der Waals surface area contributed by atoms with Crippen molar-refractivity contribution in [1.29, 1.82) is 0 Å². The molecule has 1 amide bonds. The average molecular weight is 422 g/mol. The third kappa shape index (κ3) is 4.64. The minimum absolute atomic E-state index is 0.135. The number of aromatic nitrogens is 4. The molecule has 0 atom stereocenters. The molecule has 1 N–H and O–H groups in total. The zero-order valence-electron chi connectivity index (χ0n) is 15.2. The van der Waals surface area contributed by atoms with Crippen LogP contribution in [0.1, 0.15) is 0 Å². The number of amides is 1. The summed E-state index contributed by atoms with van der Waals surface area (Å²) in [5.74, 6) is 0.0425. The first-order valence-electron chi connectivity index (χ1n) is 8.82. The zero-order chi connectivity index (χ0) is 20.1. The van der Waals surface area contributed by atoms with Crippen LogP contribution in [-0.4, -0.2) is 31.9 Å². The fraction of sp³-hybridized carbons (Fsp3) is 0.0476. The highest BCUT2D eigenvalue weighted by atomic mass is 35.5. The third-order valence-electron chi connectivity index (χ3n) is 4.13. The topological polar surface area (TPSA) is 72.7 Å². The van der Waals surface area contributed by atoms with Crippen LogP contribution in [0.2, 0.25) is 5.02 Å². The largest absolute Gasteiger partial charge is 0.325 e. The number of hydrogen-bond acceptors (Lipinski definition) is 5. The van der Waals surface area contributed by atoms with Gasteiger partial charge >= 0.3 is 0 Å². The number of anilines is 1. The van der Waals surface area contributed by atoms with Crippen LogP contribution in [0, 0.1) is 0 Å². The molecule has 4 aromatic rings. The van der Waals surface area contributed by atoms with Crippen molar-refractivity contribution in [2.75, 3.05) is 11.1 Å². The lowest BCUT2D eigenvalue weighted by atomic mass is 10.0. The van der Waals surface area contributed by atoms with Crippen molar-refractivity contribution < 1.29 is 4.79 Å². The number of nitrogens with one attached hydrogen (secondary N) is 1. The molecule has 0 spiro atoms. The molecule has 144 valence electrons. The van der Waals surface area contributed by atoms with Gasteiger partial charge in [0.1, 0.15) is 0 Å². The second-order valence-corrected chi connectivity index (χ2v) is 7.48. The monoisotopic (exact) mass is 421 g/mol. The van der Waals surface area contributed by atoms with Gasteiger partial charge in [-0.25, -0.2) is 0 Å². The number of carbonyl (C=O) groups is 1. The molecule has 4 rings (SSSR count). The standard InChI is InChI=1S/C21H16ClN5OS/c22-16-10-12-17(13-11-16)27-21(24-25-26-27)29-14-20(28)23-19-9-5-4-8-18(19)15-6-2-1-3-7-15/h1-13H,14H2,(H,23,28). The molecule has 0 saturated carbocycles. The molecule has 3 aromatic carbocycles. The predicted molar refractivity (Wildman–Crippen MR) is 115 cm³/mol. The van der Waals surface area contributed by atoms with E-state index in [4.69, 9.17) is 11.6 Å². The van der Waals surface area contributed by atoms with Crippen molar-refractivity contribution in [1.82, 2.24) is 20.2 Å². The summed E-state index contributed by atoms with van der Waals surface area (Å²) in [5, 5.41) is 15.9. The van der Waals surface area contributed by atoms with E-state index < -0.39 is 0 Å². The van der Waals surface area contributed by atoms with E-state index in [9.17, 15) is 4.79 Å². The van der Waals surface area contributed by atoms with Gasteiger partial charge in [-0.05, 0) is 46.3 Å². The number of halogens is 1. The number of rotatable bonds is 6. The van der Waals surface area contributed by atoms with Crippen molar-refractivity contribution in [2.24, 2.45) is 0 Å². The Morgan fingerprint density at radius 3 is 2.48 bits per heavy atom. The van der Waals surface area contributed by atoms with Crippen LogP contribution in [0.15, 0.2) is 84.0 Å². The Labute approximate surface area is 176 Å². The first-order valence-corrected chi connectivity index (χ1v) is 10.2. The molecule has 6 nitrogen and oxygen atoms in total. The molecular weight excluding hydrogens is 406 g/mol. The predicted octanol–water partition coefficient (Wildman–Crippen LogP) is 4.71. The Hall–Kier alpha value is -3.16. The summed E-state index contributed by atoms with van der Waals surface area (Å²) in [6.45, 7) is 0. The van der Waals surface area contributed by atoms with Gasteiger partial charge in [0, 0.05) is 16.3 Å². The van der Waals surface area contributed by atoms with E-state index in [2.05, 4.69) is 20.8 Å². The third-order valence-corrected chi connectivity index (χ3v) is 5.30. The smallest absolute Gasteiger partial charge is 0.234 e.